The predicted molar refractivity (Wildman–Crippen MR) is 78.1 cm³/mol. The van der Waals surface area contributed by atoms with Crippen molar-refractivity contribution in [2.24, 2.45) is 0 Å². The first-order valence-corrected chi connectivity index (χ1v) is 7.00. The quantitative estimate of drug-likeness (QED) is 0.883. The number of anilines is 1. The van der Waals surface area contributed by atoms with E-state index < -0.39 is 0 Å². The summed E-state index contributed by atoms with van der Waals surface area (Å²) in [7, 11) is 0. The lowest BCUT2D eigenvalue weighted by Crippen LogP contribution is -2.41. The highest BCUT2D eigenvalue weighted by atomic mass is 16.6. The molecule has 112 valence electrons. The summed E-state index contributed by atoms with van der Waals surface area (Å²) in [5.74, 6) is 0. The Morgan fingerprint density at radius 1 is 1.48 bits per heavy atom. The summed E-state index contributed by atoms with van der Waals surface area (Å²) in [5, 5.41) is 14.4. The second kappa shape index (κ2) is 7.62. The number of nitrogens with zero attached hydrogens (tertiary/aromatic N) is 1. The van der Waals surface area contributed by atoms with Crippen LogP contribution in [0.1, 0.15) is 18.1 Å². The molecule has 0 aromatic heterocycles. The lowest BCUT2D eigenvalue weighted by atomic mass is 10.1. The number of hydrogen-bond donors (Lipinski definition) is 2. The molecule has 1 aliphatic rings. The Bertz CT molecular complexity index is 533. The fourth-order valence-electron chi connectivity index (χ4n) is 2.11. The van der Waals surface area contributed by atoms with Crippen LogP contribution < -0.4 is 10.6 Å². The Labute approximate surface area is 124 Å². The van der Waals surface area contributed by atoms with Gasteiger partial charge in [-0.05, 0) is 30.2 Å². The van der Waals surface area contributed by atoms with E-state index in [1.807, 2.05) is 6.92 Å². The van der Waals surface area contributed by atoms with Crippen molar-refractivity contribution in [1.29, 1.82) is 5.26 Å². The molecule has 6 heteroatoms. The van der Waals surface area contributed by atoms with Crippen LogP contribution in [0, 0.1) is 11.3 Å². The number of aryl methyl sites for hydroxylation is 1. The molecule has 2 amide bonds. The molecular weight excluding hydrogens is 270 g/mol. The minimum Gasteiger partial charge on any atom is -0.376 e. The van der Waals surface area contributed by atoms with Gasteiger partial charge in [0.1, 0.15) is 0 Å². The summed E-state index contributed by atoms with van der Waals surface area (Å²) >= 11 is 0. The van der Waals surface area contributed by atoms with Crippen molar-refractivity contribution in [3.8, 4) is 6.07 Å². The third-order valence-corrected chi connectivity index (χ3v) is 3.24. The van der Waals surface area contributed by atoms with Crippen LogP contribution in [0.4, 0.5) is 10.5 Å². The summed E-state index contributed by atoms with van der Waals surface area (Å²) in [5.41, 5.74) is 2.24. The second-order valence-corrected chi connectivity index (χ2v) is 4.74. The first kappa shape index (κ1) is 15.3. The van der Waals surface area contributed by atoms with Crippen LogP contribution in [-0.4, -0.2) is 38.5 Å². The Hall–Kier alpha value is -2.10. The van der Waals surface area contributed by atoms with Gasteiger partial charge in [-0.25, -0.2) is 4.79 Å². The van der Waals surface area contributed by atoms with E-state index >= 15 is 0 Å². The van der Waals surface area contributed by atoms with Crippen molar-refractivity contribution in [3.05, 3.63) is 29.3 Å². The third-order valence-electron chi connectivity index (χ3n) is 3.24. The highest BCUT2D eigenvalue weighted by Gasteiger charge is 2.15. The van der Waals surface area contributed by atoms with Gasteiger partial charge in [0.15, 0.2) is 0 Å². The number of nitrogens with one attached hydrogen (secondary N) is 2. The maximum atomic E-state index is 11.9. The second-order valence-electron chi connectivity index (χ2n) is 4.74. The first-order valence-electron chi connectivity index (χ1n) is 7.00. The number of rotatable bonds is 4. The molecule has 0 aliphatic carbocycles. The molecule has 0 radical (unpaired) electrons. The number of hydrogen-bond acceptors (Lipinski definition) is 4. The zero-order valence-corrected chi connectivity index (χ0v) is 12.0. The molecule has 1 fully saturated rings. The normalized spacial score (nSPS) is 17.8. The summed E-state index contributed by atoms with van der Waals surface area (Å²) < 4.78 is 10.7. The minimum atomic E-state index is -0.288. The maximum absolute atomic E-state index is 11.9. The van der Waals surface area contributed by atoms with E-state index in [2.05, 4.69) is 16.7 Å². The standard InChI is InChI=1S/C15H19N3O3/c1-2-12-7-11(8-16)3-4-14(12)18-15(19)17-9-13-10-20-5-6-21-13/h3-4,7,13H,2,5-6,9-10H2,1H3,(H2,17,18,19)/t13-/m0/s1. The Balaban J connectivity index is 1.88. The van der Waals surface area contributed by atoms with E-state index in [9.17, 15) is 4.79 Å². The predicted octanol–water partition coefficient (Wildman–Crippen LogP) is 1.66. The van der Waals surface area contributed by atoms with Gasteiger partial charge in [0.25, 0.3) is 0 Å². The molecule has 6 nitrogen and oxygen atoms in total. The number of ether oxygens (including phenoxy) is 2. The Morgan fingerprint density at radius 3 is 3.00 bits per heavy atom. The van der Waals surface area contributed by atoms with E-state index in [1.165, 1.54) is 0 Å². The molecule has 1 aromatic carbocycles. The number of nitriles is 1. The molecule has 21 heavy (non-hydrogen) atoms. The number of urea groups is 1. The largest absolute Gasteiger partial charge is 0.376 e. The molecule has 0 bridgehead atoms. The van der Waals surface area contributed by atoms with Crippen molar-refractivity contribution >= 4 is 11.7 Å². The number of carbonyl (C=O) groups excluding carboxylic acids is 1. The van der Waals surface area contributed by atoms with Crippen LogP contribution in [-0.2, 0) is 15.9 Å². The summed E-state index contributed by atoms with van der Waals surface area (Å²) in [6.07, 6.45) is 0.640. The highest BCUT2D eigenvalue weighted by Crippen LogP contribution is 2.17. The van der Waals surface area contributed by atoms with Gasteiger partial charge in [-0.15, -0.1) is 0 Å². The molecule has 0 unspecified atom stereocenters. The summed E-state index contributed by atoms with van der Waals surface area (Å²) in [4.78, 5) is 11.9. The molecule has 1 heterocycles. The molecule has 2 rings (SSSR count). The van der Waals surface area contributed by atoms with E-state index in [4.69, 9.17) is 14.7 Å². The molecule has 0 spiro atoms. The zero-order chi connectivity index (χ0) is 15.1. The van der Waals surface area contributed by atoms with Crippen LogP contribution >= 0.6 is 0 Å². The van der Waals surface area contributed by atoms with Crippen molar-refractivity contribution in [2.45, 2.75) is 19.4 Å². The van der Waals surface area contributed by atoms with Gasteiger partial charge in [0.05, 0.1) is 37.6 Å². The van der Waals surface area contributed by atoms with Crippen LogP contribution in [0.2, 0.25) is 0 Å². The summed E-state index contributed by atoms with van der Waals surface area (Å²) in [6.45, 7) is 4.05. The van der Waals surface area contributed by atoms with Gasteiger partial charge in [-0.1, -0.05) is 6.92 Å². The van der Waals surface area contributed by atoms with Crippen molar-refractivity contribution in [3.63, 3.8) is 0 Å². The lowest BCUT2D eigenvalue weighted by Gasteiger charge is -2.23. The van der Waals surface area contributed by atoms with Crippen molar-refractivity contribution in [1.82, 2.24) is 5.32 Å². The van der Waals surface area contributed by atoms with E-state index in [0.717, 1.165) is 17.7 Å². The van der Waals surface area contributed by atoms with Crippen LogP contribution in [0.15, 0.2) is 18.2 Å². The molecular formula is C15H19N3O3. The Kier molecular flexibility index (Phi) is 5.55. The summed E-state index contributed by atoms with van der Waals surface area (Å²) in [6, 6.07) is 7.02. The lowest BCUT2D eigenvalue weighted by molar-refractivity contribution is -0.0852. The molecule has 1 saturated heterocycles. The molecule has 2 N–H and O–H groups in total. The van der Waals surface area contributed by atoms with E-state index in [1.54, 1.807) is 18.2 Å². The topological polar surface area (TPSA) is 83.4 Å². The van der Waals surface area contributed by atoms with Crippen LogP contribution in [0.25, 0.3) is 0 Å². The molecule has 1 aliphatic heterocycles. The van der Waals surface area contributed by atoms with Crippen molar-refractivity contribution in [2.75, 3.05) is 31.7 Å². The van der Waals surface area contributed by atoms with Gasteiger partial charge in [0, 0.05) is 12.2 Å². The smallest absolute Gasteiger partial charge is 0.319 e. The van der Waals surface area contributed by atoms with Gasteiger partial charge in [-0.2, -0.15) is 5.26 Å². The van der Waals surface area contributed by atoms with Gasteiger partial charge in [0.2, 0.25) is 0 Å². The number of amides is 2. The van der Waals surface area contributed by atoms with Gasteiger partial charge < -0.3 is 20.1 Å². The molecule has 1 aromatic rings. The maximum Gasteiger partial charge on any atom is 0.319 e. The number of carbonyl (C=O) groups is 1. The fraction of sp³-hybridized carbons (Fsp3) is 0.467. The first-order chi connectivity index (χ1) is 10.2. The molecule has 1 atom stereocenters. The zero-order valence-electron chi connectivity index (χ0n) is 12.0. The SMILES string of the molecule is CCc1cc(C#N)ccc1NC(=O)NC[C@H]1COCCO1. The van der Waals surface area contributed by atoms with E-state index in [0.29, 0.717) is 31.9 Å². The average molecular weight is 289 g/mol. The van der Waals surface area contributed by atoms with Gasteiger partial charge in [-0.3, -0.25) is 0 Å². The minimum absolute atomic E-state index is 0.101. The van der Waals surface area contributed by atoms with Crippen molar-refractivity contribution < 1.29 is 14.3 Å². The van der Waals surface area contributed by atoms with Crippen LogP contribution in [0.5, 0.6) is 0 Å². The van der Waals surface area contributed by atoms with Crippen LogP contribution in [0.3, 0.4) is 0 Å². The average Bonchev–Trinajstić information content (AvgIpc) is 2.54. The van der Waals surface area contributed by atoms with E-state index in [-0.39, 0.29) is 12.1 Å². The number of benzene rings is 1. The third kappa shape index (κ3) is 4.45. The monoisotopic (exact) mass is 289 g/mol. The molecule has 0 saturated carbocycles. The fourth-order valence-corrected chi connectivity index (χ4v) is 2.11. The highest BCUT2D eigenvalue weighted by molar-refractivity contribution is 5.90. The Morgan fingerprint density at radius 2 is 2.33 bits per heavy atom. The van der Waals surface area contributed by atoms with Gasteiger partial charge >= 0.3 is 6.03 Å².